The standard InChI is InChI=1S/C19H19FN2O4S/c1-10-6-7-12-14(8-10)27-18(16(12)17(21)24)22-15(23)9-26-19(25)11-4-2-3-5-13(11)20/h2-5,10H,6-9H2,1H3,(H2,21,24)(H,22,23)/t10-/m1/s1. The monoisotopic (exact) mass is 390 g/mol. The Morgan fingerprint density at radius 1 is 1.33 bits per heavy atom. The van der Waals surface area contributed by atoms with E-state index in [-0.39, 0.29) is 5.56 Å². The molecule has 6 nitrogen and oxygen atoms in total. The molecule has 0 aliphatic heterocycles. The molecule has 1 aliphatic carbocycles. The largest absolute Gasteiger partial charge is 0.452 e. The van der Waals surface area contributed by atoms with Crippen LogP contribution in [0.25, 0.3) is 0 Å². The number of esters is 1. The van der Waals surface area contributed by atoms with Crippen LogP contribution < -0.4 is 11.1 Å². The highest BCUT2D eigenvalue weighted by Crippen LogP contribution is 2.39. The van der Waals surface area contributed by atoms with Crippen molar-refractivity contribution >= 4 is 34.1 Å². The van der Waals surface area contributed by atoms with Gasteiger partial charge in [0.2, 0.25) is 0 Å². The van der Waals surface area contributed by atoms with Crippen LogP contribution in [-0.4, -0.2) is 24.4 Å². The maximum Gasteiger partial charge on any atom is 0.341 e. The molecular weight excluding hydrogens is 371 g/mol. The van der Waals surface area contributed by atoms with Gasteiger partial charge in [-0.25, -0.2) is 9.18 Å². The first-order valence-electron chi connectivity index (χ1n) is 8.52. The van der Waals surface area contributed by atoms with Crippen molar-refractivity contribution in [3.8, 4) is 0 Å². The fourth-order valence-corrected chi connectivity index (χ4v) is 4.53. The maximum absolute atomic E-state index is 13.6. The SMILES string of the molecule is C[C@@H]1CCc2c(sc(NC(=O)COC(=O)c3ccccc3F)c2C(N)=O)C1. The molecule has 1 aromatic heterocycles. The van der Waals surface area contributed by atoms with Gasteiger partial charge in [-0.05, 0) is 42.9 Å². The quantitative estimate of drug-likeness (QED) is 0.767. The summed E-state index contributed by atoms with van der Waals surface area (Å²) in [7, 11) is 0. The summed E-state index contributed by atoms with van der Waals surface area (Å²) >= 11 is 1.32. The summed E-state index contributed by atoms with van der Waals surface area (Å²) in [6, 6.07) is 5.35. The molecule has 0 spiro atoms. The molecule has 2 amide bonds. The molecule has 1 aliphatic rings. The van der Waals surface area contributed by atoms with Crippen molar-refractivity contribution in [3.63, 3.8) is 0 Å². The van der Waals surface area contributed by atoms with Gasteiger partial charge in [0.25, 0.3) is 11.8 Å². The molecule has 3 N–H and O–H groups in total. The van der Waals surface area contributed by atoms with E-state index in [2.05, 4.69) is 12.2 Å². The molecule has 0 unspecified atom stereocenters. The molecule has 0 bridgehead atoms. The normalized spacial score (nSPS) is 15.7. The third-order valence-electron chi connectivity index (χ3n) is 4.44. The van der Waals surface area contributed by atoms with Crippen molar-refractivity contribution in [1.29, 1.82) is 0 Å². The van der Waals surface area contributed by atoms with Crippen molar-refractivity contribution in [2.24, 2.45) is 11.7 Å². The average Bonchev–Trinajstić information content (AvgIpc) is 2.97. The van der Waals surface area contributed by atoms with Crippen molar-refractivity contribution in [1.82, 2.24) is 0 Å². The molecule has 1 aromatic carbocycles. The summed E-state index contributed by atoms with van der Waals surface area (Å²) in [6.45, 7) is 1.54. The van der Waals surface area contributed by atoms with Crippen molar-refractivity contribution in [2.45, 2.75) is 26.2 Å². The highest BCUT2D eigenvalue weighted by Gasteiger charge is 2.27. The number of ether oxygens (including phenoxy) is 1. The molecule has 3 rings (SSSR count). The highest BCUT2D eigenvalue weighted by molar-refractivity contribution is 7.17. The van der Waals surface area contributed by atoms with E-state index < -0.39 is 30.2 Å². The lowest BCUT2D eigenvalue weighted by Crippen LogP contribution is -2.23. The number of thiophene rings is 1. The number of hydrogen-bond acceptors (Lipinski definition) is 5. The highest BCUT2D eigenvalue weighted by atomic mass is 32.1. The van der Waals surface area contributed by atoms with Gasteiger partial charge in [-0.15, -0.1) is 11.3 Å². The molecule has 27 heavy (non-hydrogen) atoms. The van der Waals surface area contributed by atoms with Crippen LogP contribution in [0.3, 0.4) is 0 Å². The molecule has 2 aromatic rings. The Morgan fingerprint density at radius 2 is 2.07 bits per heavy atom. The average molecular weight is 390 g/mol. The third kappa shape index (κ3) is 4.16. The van der Waals surface area contributed by atoms with Crippen LogP contribution in [-0.2, 0) is 22.4 Å². The van der Waals surface area contributed by atoms with Crippen LogP contribution >= 0.6 is 11.3 Å². The minimum absolute atomic E-state index is 0.247. The molecule has 1 atom stereocenters. The van der Waals surface area contributed by atoms with Gasteiger partial charge in [-0.1, -0.05) is 19.1 Å². The number of anilines is 1. The predicted molar refractivity (Wildman–Crippen MR) is 99.3 cm³/mol. The first-order chi connectivity index (χ1) is 12.9. The van der Waals surface area contributed by atoms with Crippen molar-refractivity contribution in [3.05, 3.63) is 51.7 Å². The number of benzene rings is 1. The van der Waals surface area contributed by atoms with E-state index in [0.29, 0.717) is 16.5 Å². The summed E-state index contributed by atoms with van der Waals surface area (Å²) < 4.78 is 18.4. The van der Waals surface area contributed by atoms with E-state index in [4.69, 9.17) is 10.5 Å². The van der Waals surface area contributed by atoms with Gasteiger partial charge in [-0.3, -0.25) is 9.59 Å². The number of fused-ring (bicyclic) bond motifs is 1. The second-order valence-electron chi connectivity index (χ2n) is 6.52. The lowest BCUT2D eigenvalue weighted by atomic mass is 9.88. The van der Waals surface area contributed by atoms with E-state index in [1.54, 1.807) is 0 Å². The minimum Gasteiger partial charge on any atom is -0.452 e. The lowest BCUT2D eigenvalue weighted by molar-refractivity contribution is -0.119. The fraction of sp³-hybridized carbons (Fsp3) is 0.316. The molecule has 1 heterocycles. The van der Waals surface area contributed by atoms with Gasteiger partial charge in [0.1, 0.15) is 10.8 Å². The van der Waals surface area contributed by atoms with Crippen LogP contribution in [0.5, 0.6) is 0 Å². The number of hydrogen-bond donors (Lipinski definition) is 2. The lowest BCUT2D eigenvalue weighted by Gasteiger charge is -2.18. The molecule has 0 fully saturated rings. The number of amides is 2. The summed E-state index contributed by atoms with van der Waals surface area (Å²) in [4.78, 5) is 36.9. The van der Waals surface area contributed by atoms with Gasteiger partial charge < -0.3 is 15.8 Å². The Hall–Kier alpha value is -2.74. The number of rotatable bonds is 5. The topological polar surface area (TPSA) is 98.5 Å². The summed E-state index contributed by atoms with van der Waals surface area (Å²) in [6.07, 6.45) is 2.53. The smallest absolute Gasteiger partial charge is 0.341 e. The first kappa shape index (κ1) is 19.0. The number of carbonyl (C=O) groups excluding carboxylic acids is 3. The third-order valence-corrected chi connectivity index (χ3v) is 5.61. The second-order valence-corrected chi connectivity index (χ2v) is 7.63. The Bertz CT molecular complexity index is 909. The van der Waals surface area contributed by atoms with Crippen molar-refractivity contribution in [2.75, 3.05) is 11.9 Å². The van der Waals surface area contributed by atoms with Gasteiger partial charge in [0, 0.05) is 4.88 Å². The van der Waals surface area contributed by atoms with Gasteiger partial charge >= 0.3 is 5.97 Å². The zero-order valence-electron chi connectivity index (χ0n) is 14.7. The minimum atomic E-state index is -0.933. The van der Waals surface area contributed by atoms with E-state index in [9.17, 15) is 18.8 Å². The van der Waals surface area contributed by atoms with E-state index >= 15 is 0 Å². The number of carbonyl (C=O) groups is 3. The van der Waals surface area contributed by atoms with Gasteiger partial charge in [-0.2, -0.15) is 0 Å². The summed E-state index contributed by atoms with van der Waals surface area (Å²) in [5.41, 5.74) is 6.47. The molecule has 8 heteroatoms. The number of nitrogens with one attached hydrogen (secondary N) is 1. The zero-order valence-corrected chi connectivity index (χ0v) is 15.5. The Kier molecular flexibility index (Phi) is 5.55. The van der Waals surface area contributed by atoms with Crippen LogP contribution in [0.1, 0.15) is 44.5 Å². The number of primary amides is 1. The maximum atomic E-state index is 13.6. The number of halogens is 1. The fourth-order valence-electron chi connectivity index (χ4n) is 3.10. The van der Waals surface area contributed by atoms with E-state index in [1.165, 1.54) is 29.5 Å². The molecule has 0 radical (unpaired) electrons. The van der Waals surface area contributed by atoms with E-state index in [1.807, 2.05) is 0 Å². The van der Waals surface area contributed by atoms with Gasteiger partial charge in [0.05, 0.1) is 11.1 Å². The zero-order chi connectivity index (χ0) is 19.6. The Balaban J connectivity index is 1.68. The Morgan fingerprint density at radius 3 is 2.78 bits per heavy atom. The molecule has 0 saturated carbocycles. The number of nitrogens with two attached hydrogens (primary N) is 1. The van der Waals surface area contributed by atoms with Gasteiger partial charge in [0.15, 0.2) is 6.61 Å². The van der Waals surface area contributed by atoms with Crippen LogP contribution in [0.2, 0.25) is 0 Å². The van der Waals surface area contributed by atoms with Crippen LogP contribution in [0, 0.1) is 11.7 Å². The van der Waals surface area contributed by atoms with Crippen LogP contribution in [0.4, 0.5) is 9.39 Å². The Labute approximate surface area is 159 Å². The molecule has 142 valence electrons. The first-order valence-corrected chi connectivity index (χ1v) is 9.34. The second kappa shape index (κ2) is 7.87. The summed E-state index contributed by atoms with van der Waals surface area (Å²) in [5, 5.41) is 2.96. The van der Waals surface area contributed by atoms with Crippen LogP contribution in [0.15, 0.2) is 24.3 Å². The van der Waals surface area contributed by atoms with E-state index in [0.717, 1.165) is 35.8 Å². The summed E-state index contributed by atoms with van der Waals surface area (Å²) in [5.74, 6) is -2.37. The molecular formula is C19H19FN2O4S. The van der Waals surface area contributed by atoms with Crippen molar-refractivity contribution < 1.29 is 23.5 Å². The molecule has 0 saturated heterocycles. The predicted octanol–water partition coefficient (Wildman–Crippen LogP) is 2.91.